The predicted molar refractivity (Wildman–Crippen MR) is 63.7 cm³/mol. The molecule has 0 fully saturated rings. The van der Waals surface area contributed by atoms with Crippen molar-refractivity contribution >= 4 is 21.4 Å². The van der Waals surface area contributed by atoms with Crippen LogP contribution in [-0.2, 0) is 6.54 Å². The summed E-state index contributed by atoms with van der Waals surface area (Å²) in [6, 6.07) is 2.34. The summed E-state index contributed by atoms with van der Waals surface area (Å²) < 4.78 is 27.7. The van der Waals surface area contributed by atoms with Crippen molar-refractivity contribution in [3.05, 3.63) is 34.2 Å². The lowest BCUT2D eigenvalue weighted by molar-refractivity contribution is 0.618. The van der Waals surface area contributed by atoms with Crippen LogP contribution in [0.1, 0.15) is 30.2 Å². The molecule has 4 heteroatoms. The second-order valence-corrected chi connectivity index (χ2v) is 5.14. The normalized spacial score (nSPS) is 11.6. The largest absolute Gasteiger partial charge is 0.326 e. The van der Waals surface area contributed by atoms with Gasteiger partial charge < -0.3 is 5.73 Å². The summed E-state index contributed by atoms with van der Waals surface area (Å²) in [7, 11) is 0. The molecule has 0 saturated heterocycles. The molecule has 2 aromatic rings. The Bertz CT molecular complexity index is 531. The van der Waals surface area contributed by atoms with Gasteiger partial charge in [0, 0.05) is 16.8 Å². The summed E-state index contributed by atoms with van der Waals surface area (Å²) in [5.74, 6) is -0.595. The first-order chi connectivity index (χ1) is 7.56. The summed E-state index contributed by atoms with van der Waals surface area (Å²) in [5, 5.41) is 0.403. The van der Waals surface area contributed by atoms with Crippen molar-refractivity contribution in [3.8, 4) is 0 Å². The average Bonchev–Trinajstić information content (AvgIpc) is 2.64. The third kappa shape index (κ3) is 1.62. The molecule has 0 amide bonds. The van der Waals surface area contributed by atoms with Crippen LogP contribution in [0, 0.1) is 11.6 Å². The highest BCUT2D eigenvalue weighted by atomic mass is 32.1. The van der Waals surface area contributed by atoms with Gasteiger partial charge in [-0.25, -0.2) is 8.78 Å². The molecular formula is C12H13F2NS. The first-order valence-electron chi connectivity index (χ1n) is 5.15. The molecular weight excluding hydrogens is 228 g/mol. The fraction of sp³-hybridized carbons (Fsp3) is 0.333. The Balaban J connectivity index is 2.89. The summed E-state index contributed by atoms with van der Waals surface area (Å²) in [6.07, 6.45) is 0. The predicted octanol–water partition coefficient (Wildman–Crippen LogP) is 3.76. The SMILES string of the molecule is CC(C)c1c(CN)sc2c(F)ccc(F)c12. The van der Waals surface area contributed by atoms with Gasteiger partial charge in [0.15, 0.2) is 0 Å². The van der Waals surface area contributed by atoms with Gasteiger partial charge >= 0.3 is 0 Å². The molecule has 1 aromatic carbocycles. The second kappa shape index (κ2) is 4.11. The van der Waals surface area contributed by atoms with Crippen molar-refractivity contribution in [2.24, 2.45) is 5.73 Å². The molecule has 1 nitrogen and oxygen atoms in total. The van der Waals surface area contributed by atoms with Crippen LogP contribution in [0.3, 0.4) is 0 Å². The Hall–Kier alpha value is -1.00. The number of benzene rings is 1. The quantitative estimate of drug-likeness (QED) is 0.851. The van der Waals surface area contributed by atoms with E-state index in [1.54, 1.807) is 0 Å². The smallest absolute Gasteiger partial charge is 0.141 e. The molecule has 0 aliphatic rings. The molecule has 0 spiro atoms. The molecule has 0 aliphatic carbocycles. The van der Waals surface area contributed by atoms with Crippen LogP contribution in [0.2, 0.25) is 0 Å². The third-order valence-corrected chi connectivity index (χ3v) is 3.85. The summed E-state index contributed by atoms with van der Waals surface area (Å²) >= 11 is 1.25. The zero-order chi connectivity index (χ0) is 11.9. The number of halogens is 2. The van der Waals surface area contributed by atoms with Crippen molar-refractivity contribution in [3.63, 3.8) is 0 Å². The van der Waals surface area contributed by atoms with Crippen molar-refractivity contribution in [1.82, 2.24) is 0 Å². The fourth-order valence-corrected chi connectivity index (χ4v) is 3.22. The Kier molecular flexibility index (Phi) is 2.95. The van der Waals surface area contributed by atoms with E-state index in [1.165, 1.54) is 23.5 Å². The molecule has 2 N–H and O–H groups in total. The summed E-state index contributed by atoms with van der Waals surface area (Å²) in [4.78, 5) is 0.869. The standard InChI is InChI=1S/C12H13F2NS/c1-6(2)10-9(5-15)16-12-8(14)4-3-7(13)11(10)12/h3-4,6H,5,15H2,1-2H3. The van der Waals surface area contributed by atoms with Gasteiger partial charge in [0.25, 0.3) is 0 Å². The van der Waals surface area contributed by atoms with Gasteiger partial charge in [0.1, 0.15) is 11.6 Å². The molecule has 1 aromatic heterocycles. The van der Waals surface area contributed by atoms with Gasteiger partial charge in [-0.2, -0.15) is 0 Å². The summed E-state index contributed by atoms with van der Waals surface area (Å²) in [6.45, 7) is 4.25. The molecule has 0 saturated carbocycles. The molecule has 0 bridgehead atoms. The van der Waals surface area contributed by atoms with E-state index in [1.807, 2.05) is 13.8 Å². The number of thiophene rings is 1. The van der Waals surface area contributed by atoms with E-state index in [0.717, 1.165) is 10.4 Å². The molecule has 86 valence electrons. The first kappa shape index (κ1) is 11.5. The molecule has 16 heavy (non-hydrogen) atoms. The molecule has 0 unspecified atom stereocenters. The minimum atomic E-state index is -0.372. The lowest BCUT2D eigenvalue weighted by Crippen LogP contribution is -1.99. The molecule has 0 atom stereocenters. The van der Waals surface area contributed by atoms with Crippen molar-refractivity contribution in [2.45, 2.75) is 26.3 Å². The lowest BCUT2D eigenvalue weighted by Gasteiger charge is -2.07. The highest BCUT2D eigenvalue weighted by Gasteiger charge is 2.19. The highest BCUT2D eigenvalue weighted by Crippen LogP contribution is 2.38. The number of rotatable bonds is 2. The molecule has 0 aliphatic heterocycles. The third-order valence-electron chi connectivity index (χ3n) is 2.62. The van der Waals surface area contributed by atoms with Gasteiger partial charge in [0.05, 0.1) is 4.70 Å². The van der Waals surface area contributed by atoms with Crippen LogP contribution in [0.25, 0.3) is 10.1 Å². The van der Waals surface area contributed by atoms with Crippen LogP contribution in [0.4, 0.5) is 8.78 Å². The molecule has 0 radical (unpaired) electrons. The monoisotopic (exact) mass is 241 g/mol. The zero-order valence-corrected chi connectivity index (χ0v) is 10.00. The lowest BCUT2D eigenvalue weighted by atomic mass is 9.99. The second-order valence-electron chi connectivity index (χ2n) is 4.03. The number of hydrogen-bond donors (Lipinski definition) is 1. The van der Waals surface area contributed by atoms with Crippen LogP contribution in [0.15, 0.2) is 12.1 Å². The minimum absolute atomic E-state index is 0.142. The van der Waals surface area contributed by atoms with Crippen LogP contribution >= 0.6 is 11.3 Å². The van der Waals surface area contributed by atoms with Crippen LogP contribution in [-0.4, -0.2) is 0 Å². The van der Waals surface area contributed by atoms with Crippen molar-refractivity contribution < 1.29 is 8.78 Å². The maximum atomic E-state index is 13.7. The van der Waals surface area contributed by atoms with E-state index in [9.17, 15) is 8.78 Å². The maximum Gasteiger partial charge on any atom is 0.141 e. The topological polar surface area (TPSA) is 26.0 Å². The van der Waals surface area contributed by atoms with Gasteiger partial charge in [-0.1, -0.05) is 13.8 Å². The highest BCUT2D eigenvalue weighted by molar-refractivity contribution is 7.19. The fourth-order valence-electron chi connectivity index (χ4n) is 1.96. The van der Waals surface area contributed by atoms with Crippen LogP contribution in [0.5, 0.6) is 0 Å². The Morgan fingerprint density at radius 1 is 1.25 bits per heavy atom. The Labute approximate surface area is 96.9 Å². The Morgan fingerprint density at radius 3 is 2.44 bits per heavy atom. The average molecular weight is 241 g/mol. The first-order valence-corrected chi connectivity index (χ1v) is 5.97. The minimum Gasteiger partial charge on any atom is -0.326 e. The van der Waals surface area contributed by atoms with Crippen molar-refractivity contribution in [1.29, 1.82) is 0 Å². The number of hydrogen-bond acceptors (Lipinski definition) is 2. The zero-order valence-electron chi connectivity index (χ0n) is 9.18. The molecule has 2 rings (SSSR count). The van der Waals surface area contributed by atoms with Crippen molar-refractivity contribution in [2.75, 3.05) is 0 Å². The van der Waals surface area contributed by atoms with Gasteiger partial charge in [-0.15, -0.1) is 11.3 Å². The van der Waals surface area contributed by atoms with E-state index in [4.69, 9.17) is 5.73 Å². The van der Waals surface area contributed by atoms with E-state index in [0.29, 0.717) is 16.6 Å². The summed E-state index contributed by atoms with van der Waals surface area (Å²) in [5.41, 5.74) is 6.46. The van der Waals surface area contributed by atoms with Gasteiger partial charge in [0.2, 0.25) is 0 Å². The maximum absolute atomic E-state index is 13.7. The van der Waals surface area contributed by atoms with Gasteiger partial charge in [-0.3, -0.25) is 0 Å². The van der Waals surface area contributed by atoms with E-state index in [2.05, 4.69) is 0 Å². The Morgan fingerprint density at radius 2 is 1.88 bits per heavy atom. The van der Waals surface area contributed by atoms with Gasteiger partial charge in [-0.05, 0) is 23.6 Å². The van der Waals surface area contributed by atoms with E-state index < -0.39 is 0 Å². The molecule has 1 heterocycles. The van der Waals surface area contributed by atoms with E-state index in [-0.39, 0.29) is 17.6 Å². The van der Waals surface area contributed by atoms with E-state index >= 15 is 0 Å². The van der Waals surface area contributed by atoms with Crippen LogP contribution < -0.4 is 5.73 Å². The number of nitrogens with two attached hydrogens (primary N) is 1. The number of fused-ring (bicyclic) bond motifs is 1.